The van der Waals surface area contributed by atoms with Gasteiger partial charge in [-0.2, -0.15) is 9.97 Å². The molecule has 428 valence electrons. The van der Waals surface area contributed by atoms with Gasteiger partial charge in [-0.25, -0.2) is 4.98 Å². The van der Waals surface area contributed by atoms with Crippen molar-refractivity contribution in [3.05, 3.63) is 321 Å². The maximum absolute atomic E-state index is 5.35. The summed E-state index contributed by atoms with van der Waals surface area (Å²) in [7, 11) is 0. The van der Waals surface area contributed by atoms with E-state index in [-0.39, 0.29) is 0 Å². The van der Waals surface area contributed by atoms with Crippen LogP contribution in [0.1, 0.15) is 24.0 Å². The average molecular weight is 1170 g/mol. The fraction of sp³-hybridized carbons (Fsp3) is 0.0230. The third-order valence-corrected chi connectivity index (χ3v) is 19.4. The number of rotatable bonds is 8. The second kappa shape index (κ2) is 20.8. The van der Waals surface area contributed by atoms with E-state index in [2.05, 4.69) is 282 Å². The molecule has 3 aromatic heterocycles. The molecule has 0 N–H and O–H groups in total. The number of hydrogen-bond donors (Lipinski definition) is 0. The zero-order chi connectivity index (χ0) is 60.4. The summed E-state index contributed by atoms with van der Waals surface area (Å²) in [5, 5.41) is 19.8. The zero-order valence-electron chi connectivity index (χ0n) is 50.1. The molecule has 0 spiro atoms. The fourth-order valence-electron chi connectivity index (χ4n) is 15.1. The van der Waals surface area contributed by atoms with Gasteiger partial charge in [0.05, 0.1) is 22.1 Å². The van der Waals surface area contributed by atoms with Gasteiger partial charge < -0.3 is 4.57 Å². The van der Waals surface area contributed by atoms with Crippen molar-refractivity contribution in [3.8, 4) is 56.7 Å². The number of aromatic nitrogens is 5. The quantitative estimate of drug-likeness (QED) is 0.142. The molecule has 18 aromatic rings. The lowest BCUT2D eigenvalue weighted by molar-refractivity contribution is 0.953. The SMILES string of the molecule is C1=C(c2ccc3c4ccccc4c4ccccc4c3c2)C=C(c2cccc(-c3ccc4c(c3)c3ccccc3c3ccc(-c5ccc6c7ccc8c9ccccc9n(-c9nc(-c%10ccccc%10)nc(-c%10ccccc%10)n9)c8c7n(-c7ccccc7)c6c5)cc34)c2)CC1. The van der Waals surface area contributed by atoms with Crippen molar-refractivity contribution in [3.63, 3.8) is 0 Å². The van der Waals surface area contributed by atoms with Gasteiger partial charge in [0.2, 0.25) is 5.95 Å². The Kier molecular flexibility index (Phi) is 11.7. The molecule has 0 fully saturated rings. The molecule has 0 amide bonds. The van der Waals surface area contributed by atoms with Crippen molar-refractivity contribution in [2.24, 2.45) is 0 Å². The summed E-state index contributed by atoms with van der Waals surface area (Å²) in [5.74, 6) is 1.79. The summed E-state index contributed by atoms with van der Waals surface area (Å²) in [4.78, 5) is 15.8. The first kappa shape index (κ1) is 51.9. The Hall–Kier alpha value is -12.1. The van der Waals surface area contributed by atoms with Crippen LogP contribution in [0.4, 0.5) is 0 Å². The van der Waals surface area contributed by atoms with E-state index in [0.717, 1.165) is 84.4 Å². The van der Waals surface area contributed by atoms with Gasteiger partial charge in [-0.1, -0.05) is 261 Å². The highest BCUT2D eigenvalue weighted by atomic mass is 15.2. The molecule has 5 nitrogen and oxygen atoms in total. The highest BCUT2D eigenvalue weighted by molar-refractivity contribution is 6.28. The molecule has 3 heterocycles. The van der Waals surface area contributed by atoms with Gasteiger partial charge in [0.25, 0.3) is 0 Å². The normalized spacial score (nSPS) is 12.8. The molecule has 1 aliphatic rings. The van der Waals surface area contributed by atoms with Crippen molar-refractivity contribution in [2.45, 2.75) is 12.8 Å². The molecule has 0 unspecified atom stereocenters. The van der Waals surface area contributed by atoms with Gasteiger partial charge >= 0.3 is 0 Å². The predicted molar refractivity (Wildman–Crippen MR) is 387 cm³/mol. The Bertz CT molecular complexity index is 6080. The molecule has 0 radical (unpaired) electrons. The highest BCUT2D eigenvalue weighted by Gasteiger charge is 2.25. The van der Waals surface area contributed by atoms with E-state index in [1.165, 1.54) is 98.0 Å². The molecule has 19 rings (SSSR count). The lowest BCUT2D eigenvalue weighted by Crippen LogP contribution is -2.07. The number of fused-ring (bicyclic) bond motifs is 19. The van der Waals surface area contributed by atoms with Crippen LogP contribution in [-0.4, -0.2) is 24.1 Å². The summed E-state index contributed by atoms with van der Waals surface area (Å²) in [5.41, 5.74) is 17.1. The van der Waals surface area contributed by atoms with E-state index in [4.69, 9.17) is 15.0 Å². The minimum Gasteiger partial charge on any atom is -0.307 e. The summed E-state index contributed by atoms with van der Waals surface area (Å²) < 4.78 is 4.72. The highest BCUT2D eigenvalue weighted by Crippen LogP contribution is 2.46. The maximum atomic E-state index is 5.35. The molecule has 0 bridgehead atoms. The Morgan fingerprint density at radius 1 is 0.250 bits per heavy atom. The smallest absolute Gasteiger partial charge is 0.238 e. The summed E-state index contributed by atoms with van der Waals surface area (Å²) in [6.07, 6.45) is 6.85. The fourth-order valence-corrected chi connectivity index (χ4v) is 15.1. The first-order valence-electron chi connectivity index (χ1n) is 31.8. The molecule has 1 aliphatic carbocycles. The molecular formula is C87H55N5. The van der Waals surface area contributed by atoms with E-state index < -0.39 is 0 Å². The van der Waals surface area contributed by atoms with E-state index >= 15 is 0 Å². The third kappa shape index (κ3) is 8.22. The Morgan fingerprint density at radius 3 is 1.22 bits per heavy atom. The number of para-hydroxylation sites is 2. The average Bonchev–Trinajstić information content (AvgIpc) is 1.49. The Labute approximate surface area is 530 Å². The van der Waals surface area contributed by atoms with Gasteiger partial charge in [0, 0.05) is 38.4 Å². The predicted octanol–water partition coefficient (Wildman–Crippen LogP) is 22.9. The first-order chi connectivity index (χ1) is 45.6. The van der Waals surface area contributed by atoms with E-state index in [0.29, 0.717) is 17.6 Å². The van der Waals surface area contributed by atoms with Crippen LogP contribution in [0.2, 0.25) is 0 Å². The summed E-state index contributed by atoms with van der Waals surface area (Å²) in [6.45, 7) is 0. The van der Waals surface area contributed by atoms with Crippen molar-refractivity contribution >= 4 is 119 Å². The van der Waals surface area contributed by atoms with E-state index in [1.807, 2.05) is 36.4 Å². The minimum absolute atomic E-state index is 0.559. The number of hydrogen-bond acceptors (Lipinski definition) is 3. The van der Waals surface area contributed by atoms with Crippen LogP contribution in [0.15, 0.2) is 309 Å². The third-order valence-electron chi connectivity index (χ3n) is 19.4. The van der Waals surface area contributed by atoms with Crippen LogP contribution in [0.25, 0.3) is 176 Å². The topological polar surface area (TPSA) is 48.5 Å². The monoisotopic (exact) mass is 1170 g/mol. The molecule has 0 saturated carbocycles. The molecule has 15 aromatic carbocycles. The Balaban J connectivity index is 0.738. The second-order valence-corrected chi connectivity index (χ2v) is 24.5. The van der Waals surface area contributed by atoms with Crippen LogP contribution >= 0.6 is 0 Å². The minimum atomic E-state index is 0.559. The van der Waals surface area contributed by atoms with Crippen molar-refractivity contribution in [1.29, 1.82) is 0 Å². The first-order valence-corrected chi connectivity index (χ1v) is 31.8. The number of nitrogens with zero attached hydrogens (tertiary/aromatic N) is 5. The van der Waals surface area contributed by atoms with Crippen molar-refractivity contribution < 1.29 is 0 Å². The lowest BCUT2D eigenvalue weighted by atomic mass is 9.87. The standard InChI is InChI=1S/C87H55N5/c1-4-20-54(21-5-1)85-88-86(55-22-6-2-7-23-55)90-87(89-85)92-81-37-17-16-36-74(81)76-46-47-77-75-45-41-63(53-82(75)91(83(77)84(76)92)64-28-8-3-9-29-64)62-39-43-72-68-33-13-15-35-70(68)79-51-61(40-44-73(79)80(72)52-62)59-27-19-25-57(49-59)56-24-18-26-58(48-56)60-38-42-71-67-32-11-10-30-65(67)66-31-12-14-34-69(66)78(71)50-60/h1-17,19-23,25-53H,18,24H2. The summed E-state index contributed by atoms with van der Waals surface area (Å²) >= 11 is 0. The molecule has 92 heavy (non-hydrogen) atoms. The van der Waals surface area contributed by atoms with Crippen LogP contribution in [0.5, 0.6) is 0 Å². The van der Waals surface area contributed by atoms with E-state index in [1.54, 1.807) is 0 Å². The summed E-state index contributed by atoms with van der Waals surface area (Å²) in [6, 6.07) is 109. The van der Waals surface area contributed by atoms with Crippen LogP contribution in [0, 0.1) is 0 Å². The van der Waals surface area contributed by atoms with Crippen molar-refractivity contribution in [1.82, 2.24) is 24.1 Å². The molecule has 0 atom stereocenters. The largest absolute Gasteiger partial charge is 0.307 e. The van der Waals surface area contributed by atoms with Gasteiger partial charge in [-0.05, 0) is 171 Å². The van der Waals surface area contributed by atoms with Gasteiger partial charge in [0.1, 0.15) is 0 Å². The molecular weight excluding hydrogens is 1110 g/mol. The van der Waals surface area contributed by atoms with Crippen LogP contribution in [-0.2, 0) is 0 Å². The second-order valence-electron chi connectivity index (χ2n) is 24.5. The number of allylic oxidation sites excluding steroid dienone is 4. The van der Waals surface area contributed by atoms with Gasteiger partial charge in [-0.3, -0.25) is 4.57 Å². The van der Waals surface area contributed by atoms with Crippen LogP contribution < -0.4 is 0 Å². The molecule has 0 saturated heterocycles. The van der Waals surface area contributed by atoms with E-state index in [9.17, 15) is 0 Å². The molecule has 5 heteroatoms. The number of benzene rings is 15. The van der Waals surface area contributed by atoms with Gasteiger partial charge in [0.15, 0.2) is 11.6 Å². The maximum Gasteiger partial charge on any atom is 0.238 e. The van der Waals surface area contributed by atoms with Gasteiger partial charge in [-0.15, -0.1) is 0 Å². The lowest BCUT2D eigenvalue weighted by Gasteiger charge is -2.17. The molecule has 0 aliphatic heterocycles. The Morgan fingerprint density at radius 2 is 0.641 bits per heavy atom. The zero-order valence-corrected chi connectivity index (χ0v) is 50.1. The van der Waals surface area contributed by atoms with Crippen molar-refractivity contribution in [2.75, 3.05) is 0 Å². The van der Waals surface area contributed by atoms with Crippen LogP contribution in [0.3, 0.4) is 0 Å².